The van der Waals surface area contributed by atoms with Crippen molar-refractivity contribution in [2.24, 2.45) is 0 Å². The first kappa shape index (κ1) is 13.9. The number of nitrogen functional groups attached to an aromatic ring is 1. The summed E-state index contributed by atoms with van der Waals surface area (Å²) in [7, 11) is 0. The highest BCUT2D eigenvalue weighted by atomic mass is 15.3. The van der Waals surface area contributed by atoms with Crippen molar-refractivity contribution in [3.05, 3.63) is 29.3 Å². The van der Waals surface area contributed by atoms with Gasteiger partial charge in [-0.15, -0.1) is 0 Å². The molecular formula is C15H22N6. The number of hydrogen-bond acceptors (Lipinski definition) is 5. The van der Waals surface area contributed by atoms with Crippen LogP contribution in [0.3, 0.4) is 0 Å². The minimum atomic E-state index is 0.517. The molecule has 2 aromatic rings. The Morgan fingerprint density at radius 1 is 1.29 bits per heavy atom. The molecule has 1 fully saturated rings. The molecule has 1 saturated carbocycles. The molecule has 0 spiro atoms. The van der Waals surface area contributed by atoms with Crippen molar-refractivity contribution in [2.75, 3.05) is 17.6 Å². The molecule has 6 heteroatoms. The molecule has 1 aliphatic rings. The van der Waals surface area contributed by atoms with Crippen molar-refractivity contribution in [1.29, 1.82) is 0 Å². The third-order valence-corrected chi connectivity index (χ3v) is 3.66. The topological polar surface area (TPSA) is 81.7 Å². The summed E-state index contributed by atoms with van der Waals surface area (Å²) in [4.78, 5) is 8.84. The third kappa shape index (κ3) is 3.51. The van der Waals surface area contributed by atoms with E-state index < -0.39 is 0 Å². The molecule has 2 heterocycles. The number of nitrogens with two attached hydrogens (primary N) is 1. The first-order valence-electron chi connectivity index (χ1n) is 7.51. The Morgan fingerprint density at radius 2 is 2.10 bits per heavy atom. The van der Waals surface area contributed by atoms with Gasteiger partial charge >= 0.3 is 0 Å². The molecule has 0 aromatic carbocycles. The lowest BCUT2D eigenvalue weighted by Crippen LogP contribution is -2.11. The molecule has 2 aromatic heterocycles. The van der Waals surface area contributed by atoms with Gasteiger partial charge in [0.05, 0.1) is 5.69 Å². The summed E-state index contributed by atoms with van der Waals surface area (Å²) in [6.45, 7) is 5.85. The average molecular weight is 286 g/mol. The van der Waals surface area contributed by atoms with E-state index in [9.17, 15) is 0 Å². The van der Waals surface area contributed by atoms with Gasteiger partial charge in [0.25, 0.3) is 0 Å². The number of nitrogens with zero attached hydrogens (tertiary/aromatic N) is 4. The number of aryl methyl sites for hydroxylation is 3. The molecule has 0 saturated heterocycles. The first-order chi connectivity index (χ1) is 10.1. The Balaban J connectivity index is 1.52. The summed E-state index contributed by atoms with van der Waals surface area (Å²) in [5, 5.41) is 7.79. The first-order valence-corrected chi connectivity index (χ1v) is 7.51. The van der Waals surface area contributed by atoms with Gasteiger partial charge in [0.15, 0.2) is 0 Å². The van der Waals surface area contributed by atoms with Gasteiger partial charge < -0.3 is 11.1 Å². The van der Waals surface area contributed by atoms with Gasteiger partial charge in [-0.25, -0.2) is 9.97 Å². The second-order valence-corrected chi connectivity index (χ2v) is 5.74. The Bertz CT molecular complexity index is 629. The van der Waals surface area contributed by atoms with Crippen molar-refractivity contribution in [3.63, 3.8) is 0 Å². The predicted molar refractivity (Wildman–Crippen MR) is 83.2 cm³/mol. The zero-order chi connectivity index (χ0) is 14.8. The average Bonchev–Trinajstić information content (AvgIpc) is 3.21. The molecule has 0 unspecified atom stereocenters. The summed E-state index contributed by atoms with van der Waals surface area (Å²) in [5.74, 6) is 2.78. The van der Waals surface area contributed by atoms with Crippen molar-refractivity contribution in [3.8, 4) is 0 Å². The minimum absolute atomic E-state index is 0.517. The van der Waals surface area contributed by atoms with Gasteiger partial charge in [-0.2, -0.15) is 5.10 Å². The quantitative estimate of drug-likeness (QED) is 0.796. The van der Waals surface area contributed by atoms with Crippen LogP contribution in [0.15, 0.2) is 12.1 Å². The molecule has 0 radical (unpaired) electrons. The van der Waals surface area contributed by atoms with E-state index in [1.165, 1.54) is 18.5 Å². The Hall–Kier alpha value is -2.11. The molecule has 3 N–H and O–H groups in total. The summed E-state index contributed by atoms with van der Waals surface area (Å²) in [6.07, 6.45) is 3.35. The van der Waals surface area contributed by atoms with Crippen LogP contribution in [0.2, 0.25) is 0 Å². The van der Waals surface area contributed by atoms with Crippen molar-refractivity contribution in [2.45, 2.75) is 45.6 Å². The van der Waals surface area contributed by atoms with Gasteiger partial charge in [0.2, 0.25) is 0 Å². The van der Waals surface area contributed by atoms with Crippen LogP contribution in [0.25, 0.3) is 0 Å². The van der Waals surface area contributed by atoms with Crippen LogP contribution in [0.5, 0.6) is 0 Å². The van der Waals surface area contributed by atoms with E-state index in [0.29, 0.717) is 11.7 Å². The maximum atomic E-state index is 5.84. The highest BCUT2D eigenvalue weighted by Gasteiger charge is 2.27. The molecule has 3 rings (SSSR count). The Labute approximate surface area is 124 Å². The van der Waals surface area contributed by atoms with E-state index >= 15 is 0 Å². The number of rotatable bonds is 6. The second kappa shape index (κ2) is 5.71. The summed E-state index contributed by atoms with van der Waals surface area (Å²) >= 11 is 0. The maximum Gasteiger partial charge on any atom is 0.136 e. The molecule has 0 atom stereocenters. The largest absolute Gasteiger partial charge is 0.384 e. The molecule has 112 valence electrons. The van der Waals surface area contributed by atoms with Crippen molar-refractivity contribution < 1.29 is 0 Å². The fourth-order valence-corrected chi connectivity index (χ4v) is 2.45. The van der Waals surface area contributed by atoms with E-state index in [1.54, 1.807) is 6.07 Å². The van der Waals surface area contributed by atoms with Crippen LogP contribution in [0, 0.1) is 13.8 Å². The molecule has 1 aliphatic carbocycles. The lowest BCUT2D eigenvalue weighted by atomic mass is 10.3. The van der Waals surface area contributed by atoms with Crippen LogP contribution in [-0.2, 0) is 6.54 Å². The smallest absolute Gasteiger partial charge is 0.136 e. The number of hydrogen-bond donors (Lipinski definition) is 2. The Kier molecular flexibility index (Phi) is 3.77. The molecule has 0 aliphatic heterocycles. The highest BCUT2D eigenvalue weighted by molar-refractivity contribution is 5.45. The lowest BCUT2D eigenvalue weighted by Gasteiger charge is -2.09. The minimum Gasteiger partial charge on any atom is -0.384 e. The summed E-state index contributed by atoms with van der Waals surface area (Å²) in [6, 6.07) is 3.90. The second-order valence-electron chi connectivity index (χ2n) is 5.74. The van der Waals surface area contributed by atoms with E-state index in [4.69, 9.17) is 5.73 Å². The summed E-state index contributed by atoms with van der Waals surface area (Å²) in [5.41, 5.74) is 8.11. The zero-order valence-corrected chi connectivity index (χ0v) is 12.6. The van der Waals surface area contributed by atoms with E-state index in [2.05, 4.69) is 33.4 Å². The van der Waals surface area contributed by atoms with E-state index in [1.807, 2.05) is 11.6 Å². The van der Waals surface area contributed by atoms with Gasteiger partial charge in [-0.05, 0) is 39.2 Å². The molecule has 6 nitrogen and oxygen atoms in total. The maximum absolute atomic E-state index is 5.84. The predicted octanol–water partition coefficient (Wildman–Crippen LogP) is 2.25. The molecule has 21 heavy (non-hydrogen) atoms. The van der Waals surface area contributed by atoms with Gasteiger partial charge in [-0.1, -0.05) is 0 Å². The van der Waals surface area contributed by atoms with E-state index in [-0.39, 0.29) is 0 Å². The van der Waals surface area contributed by atoms with Crippen molar-refractivity contribution in [1.82, 2.24) is 19.7 Å². The van der Waals surface area contributed by atoms with Crippen LogP contribution < -0.4 is 11.1 Å². The fraction of sp³-hybridized carbons (Fsp3) is 0.533. The van der Waals surface area contributed by atoms with Crippen molar-refractivity contribution >= 4 is 11.6 Å². The lowest BCUT2D eigenvalue weighted by molar-refractivity contribution is 0.573. The van der Waals surface area contributed by atoms with Crippen LogP contribution in [0.4, 0.5) is 11.6 Å². The van der Waals surface area contributed by atoms with Crippen LogP contribution >= 0.6 is 0 Å². The fourth-order valence-electron chi connectivity index (χ4n) is 2.45. The van der Waals surface area contributed by atoms with Crippen LogP contribution in [-0.4, -0.2) is 26.3 Å². The monoisotopic (exact) mass is 286 g/mol. The number of aromatic nitrogens is 4. The molecule has 0 amide bonds. The molecule has 0 bridgehead atoms. The molecular weight excluding hydrogens is 264 g/mol. The van der Waals surface area contributed by atoms with Gasteiger partial charge in [0.1, 0.15) is 17.5 Å². The SMILES string of the molecule is Cc1cc(C)n(CCCNc2cc(N)nc(C3CC3)n2)n1. The standard InChI is InChI=1S/C15H22N6/c1-10-8-11(2)21(20-10)7-3-6-17-14-9-13(16)18-15(19-14)12-4-5-12/h8-9,12H,3-7H2,1-2H3,(H3,16,17,18,19). The third-order valence-electron chi connectivity index (χ3n) is 3.66. The zero-order valence-electron chi connectivity index (χ0n) is 12.6. The van der Waals surface area contributed by atoms with E-state index in [0.717, 1.165) is 36.8 Å². The van der Waals surface area contributed by atoms with Crippen LogP contribution in [0.1, 0.15) is 42.4 Å². The highest BCUT2D eigenvalue weighted by Crippen LogP contribution is 2.38. The number of nitrogens with one attached hydrogen (secondary N) is 1. The van der Waals surface area contributed by atoms with Gasteiger partial charge in [-0.3, -0.25) is 4.68 Å². The number of anilines is 2. The summed E-state index contributed by atoms with van der Waals surface area (Å²) < 4.78 is 2.04. The Morgan fingerprint density at radius 3 is 2.76 bits per heavy atom. The normalized spacial score (nSPS) is 14.4. The van der Waals surface area contributed by atoms with Gasteiger partial charge in [0, 0.05) is 30.8 Å².